The molecule has 0 aliphatic heterocycles. The summed E-state index contributed by atoms with van der Waals surface area (Å²) in [6.45, 7) is 0. The molecule has 1 heterocycles. The third-order valence-electron chi connectivity index (χ3n) is 3.43. The van der Waals surface area contributed by atoms with E-state index in [2.05, 4.69) is 20.9 Å². The minimum atomic E-state index is -3.85. The molecule has 0 fully saturated rings. The van der Waals surface area contributed by atoms with Crippen molar-refractivity contribution in [3.8, 4) is 6.07 Å². The number of halogens is 1. The highest BCUT2D eigenvalue weighted by molar-refractivity contribution is 9.10. The van der Waals surface area contributed by atoms with E-state index in [0.717, 1.165) is 15.4 Å². The van der Waals surface area contributed by atoms with E-state index >= 15 is 0 Å². The van der Waals surface area contributed by atoms with Gasteiger partial charge in [0.1, 0.15) is 11.0 Å². The van der Waals surface area contributed by atoms with Gasteiger partial charge >= 0.3 is 0 Å². The molecule has 0 atom stereocenters. The lowest BCUT2D eigenvalue weighted by Crippen LogP contribution is -2.03. The maximum absolute atomic E-state index is 12.6. The minimum Gasteiger partial charge on any atom is -0.361 e. The van der Waals surface area contributed by atoms with E-state index in [0.29, 0.717) is 5.56 Å². The van der Waals surface area contributed by atoms with Crippen LogP contribution in [0.4, 0.5) is 0 Å². The van der Waals surface area contributed by atoms with Gasteiger partial charge in [-0.05, 0) is 36.4 Å². The van der Waals surface area contributed by atoms with Gasteiger partial charge in [-0.1, -0.05) is 34.1 Å². The lowest BCUT2D eigenvalue weighted by molar-refractivity contribution is 0.603. The average Bonchev–Trinajstić information content (AvgIpc) is 2.96. The molecule has 23 heavy (non-hydrogen) atoms. The number of nitrogens with zero attached hydrogens (tertiary/aromatic N) is 1. The Morgan fingerprint density at radius 1 is 1.13 bits per heavy atom. The van der Waals surface area contributed by atoms with Crippen molar-refractivity contribution in [3.63, 3.8) is 0 Å². The van der Waals surface area contributed by atoms with Crippen molar-refractivity contribution in [2.24, 2.45) is 0 Å². The molecule has 0 aliphatic carbocycles. The molecular formula is C17H11BrN2O2S. The first kappa shape index (κ1) is 15.5. The Bertz CT molecular complexity index is 1040. The fourth-order valence-electron chi connectivity index (χ4n) is 2.27. The Kier molecular flexibility index (Phi) is 4.07. The Morgan fingerprint density at radius 2 is 1.83 bits per heavy atom. The van der Waals surface area contributed by atoms with E-state index in [1.165, 1.54) is 18.2 Å². The molecule has 0 amide bonds. The van der Waals surface area contributed by atoms with E-state index in [1.54, 1.807) is 24.4 Å². The van der Waals surface area contributed by atoms with Crippen LogP contribution in [0.5, 0.6) is 0 Å². The number of para-hydroxylation sites is 1. The number of hydrogen-bond acceptors (Lipinski definition) is 3. The van der Waals surface area contributed by atoms with Crippen LogP contribution in [-0.2, 0) is 9.84 Å². The van der Waals surface area contributed by atoms with E-state index in [4.69, 9.17) is 0 Å². The Hall–Kier alpha value is -2.36. The van der Waals surface area contributed by atoms with E-state index < -0.39 is 9.84 Å². The van der Waals surface area contributed by atoms with Crippen LogP contribution in [0.1, 0.15) is 5.56 Å². The number of rotatable bonds is 3. The van der Waals surface area contributed by atoms with Gasteiger partial charge in [-0.15, -0.1) is 0 Å². The molecule has 0 bridgehead atoms. The molecule has 3 aromatic rings. The number of nitrogens with one attached hydrogen (secondary N) is 1. The lowest BCUT2D eigenvalue weighted by Gasteiger charge is -2.03. The van der Waals surface area contributed by atoms with Gasteiger partial charge in [0, 0.05) is 27.1 Å². The average molecular weight is 387 g/mol. The van der Waals surface area contributed by atoms with Gasteiger partial charge in [-0.2, -0.15) is 5.26 Å². The first-order valence-corrected chi connectivity index (χ1v) is 8.98. The zero-order valence-electron chi connectivity index (χ0n) is 11.8. The Morgan fingerprint density at radius 3 is 2.52 bits per heavy atom. The van der Waals surface area contributed by atoms with Crippen molar-refractivity contribution in [3.05, 3.63) is 69.7 Å². The quantitative estimate of drug-likeness (QED) is 0.682. The maximum atomic E-state index is 12.6. The van der Waals surface area contributed by atoms with Crippen LogP contribution in [0.3, 0.4) is 0 Å². The molecule has 0 saturated heterocycles. The molecule has 0 radical (unpaired) electrons. The summed E-state index contributed by atoms with van der Waals surface area (Å²) in [5, 5.41) is 10.2. The summed E-state index contributed by atoms with van der Waals surface area (Å²) < 4.78 is 26.0. The molecular weight excluding hydrogens is 376 g/mol. The molecule has 1 N–H and O–H groups in total. The summed E-state index contributed by atoms with van der Waals surface area (Å²) in [6, 6.07) is 15.5. The zero-order valence-corrected chi connectivity index (χ0v) is 14.2. The van der Waals surface area contributed by atoms with Gasteiger partial charge in [-0.25, -0.2) is 8.42 Å². The highest BCUT2D eigenvalue weighted by Crippen LogP contribution is 2.25. The summed E-state index contributed by atoms with van der Waals surface area (Å²) in [4.78, 5) is 2.86. The third-order valence-corrected chi connectivity index (χ3v) is 5.64. The van der Waals surface area contributed by atoms with Crippen LogP contribution < -0.4 is 0 Å². The van der Waals surface area contributed by atoms with Crippen molar-refractivity contribution in [2.45, 2.75) is 4.90 Å². The number of H-pyrrole nitrogens is 1. The van der Waals surface area contributed by atoms with Crippen molar-refractivity contribution in [2.75, 3.05) is 0 Å². The smallest absolute Gasteiger partial charge is 0.216 e. The second-order valence-electron chi connectivity index (χ2n) is 4.87. The SMILES string of the molecule is N#C/C(=C\c1c[nH]c2ccccc12)S(=O)(=O)c1ccc(Br)cc1. The van der Waals surface area contributed by atoms with Crippen molar-refractivity contribution < 1.29 is 8.42 Å². The summed E-state index contributed by atoms with van der Waals surface area (Å²) in [7, 11) is -3.85. The van der Waals surface area contributed by atoms with Gasteiger partial charge in [0.25, 0.3) is 0 Å². The Balaban J connectivity index is 2.12. The highest BCUT2D eigenvalue weighted by Gasteiger charge is 2.21. The second-order valence-corrected chi connectivity index (χ2v) is 7.70. The number of nitriles is 1. The van der Waals surface area contributed by atoms with Crippen LogP contribution in [0.25, 0.3) is 17.0 Å². The van der Waals surface area contributed by atoms with Crippen LogP contribution in [0.15, 0.2) is 69.0 Å². The summed E-state index contributed by atoms with van der Waals surface area (Å²) in [5.41, 5.74) is 1.55. The van der Waals surface area contributed by atoms with E-state index in [9.17, 15) is 13.7 Å². The van der Waals surface area contributed by atoms with E-state index in [-0.39, 0.29) is 9.80 Å². The number of sulfone groups is 1. The predicted molar refractivity (Wildman–Crippen MR) is 93.2 cm³/mol. The van der Waals surface area contributed by atoms with Crippen LogP contribution in [0.2, 0.25) is 0 Å². The minimum absolute atomic E-state index is 0.0911. The fraction of sp³-hybridized carbons (Fsp3) is 0. The largest absolute Gasteiger partial charge is 0.361 e. The van der Waals surface area contributed by atoms with Crippen LogP contribution >= 0.6 is 15.9 Å². The molecule has 0 aliphatic rings. The number of benzene rings is 2. The van der Waals surface area contributed by atoms with Gasteiger partial charge in [-0.3, -0.25) is 0 Å². The van der Waals surface area contributed by atoms with Crippen LogP contribution in [0, 0.1) is 11.3 Å². The predicted octanol–water partition coefficient (Wildman–Crippen LogP) is 4.27. The summed E-state index contributed by atoms with van der Waals surface area (Å²) in [5.74, 6) is 0. The summed E-state index contributed by atoms with van der Waals surface area (Å²) in [6.07, 6.45) is 3.09. The first-order valence-electron chi connectivity index (χ1n) is 6.71. The maximum Gasteiger partial charge on any atom is 0.216 e. The standard InChI is InChI=1S/C17H11BrN2O2S/c18-13-5-7-14(8-6-13)23(21,22)15(10-19)9-12-11-20-17-4-2-1-3-16(12)17/h1-9,11,20H/b15-9+. The molecule has 0 spiro atoms. The molecule has 4 nitrogen and oxygen atoms in total. The normalized spacial score (nSPS) is 12.3. The van der Waals surface area contributed by atoms with Crippen molar-refractivity contribution in [1.82, 2.24) is 4.98 Å². The number of aromatic amines is 1. The highest BCUT2D eigenvalue weighted by atomic mass is 79.9. The lowest BCUT2D eigenvalue weighted by atomic mass is 10.1. The van der Waals surface area contributed by atoms with Crippen LogP contribution in [-0.4, -0.2) is 13.4 Å². The molecule has 114 valence electrons. The molecule has 0 saturated carbocycles. The van der Waals surface area contributed by atoms with Gasteiger partial charge in [0.2, 0.25) is 9.84 Å². The Labute approximate surface area is 142 Å². The molecule has 0 unspecified atom stereocenters. The number of hydrogen-bond donors (Lipinski definition) is 1. The number of aromatic nitrogens is 1. The second kappa shape index (κ2) is 6.03. The molecule has 3 rings (SSSR count). The fourth-order valence-corrected chi connectivity index (χ4v) is 3.68. The monoisotopic (exact) mass is 386 g/mol. The number of allylic oxidation sites excluding steroid dienone is 1. The van der Waals surface area contributed by atoms with Gasteiger partial charge in [0.05, 0.1) is 4.90 Å². The van der Waals surface area contributed by atoms with E-state index in [1.807, 2.05) is 24.3 Å². The molecule has 1 aromatic heterocycles. The zero-order chi connectivity index (χ0) is 16.4. The van der Waals surface area contributed by atoms with Gasteiger partial charge < -0.3 is 4.98 Å². The summed E-state index contributed by atoms with van der Waals surface area (Å²) >= 11 is 3.26. The molecule has 6 heteroatoms. The van der Waals surface area contributed by atoms with Crippen molar-refractivity contribution in [1.29, 1.82) is 5.26 Å². The number of fused-ring (bicyclic) bond motifs is 1. The molecule has 2 aromatic carbocycles. The topological polar surface area (TPSA) is 73.7 Å². The van der Waals surface area contributed by atoms with Crippen molar-refractivity contribution >= 4 is 42.7 Å². The van der Waals surface area contributed by atoms with Gasteiger partial charge in [0.15, 0.2) is 0 Å². The third kappa shape index (κ3) is 2.93. The first-order chi connectivity index (χ1) is 11.0.